The molecule has 0 amide bonds. The van der Waals surface area contributed by atoms with Gasteiger partial charge in [0.05, 0.1) is 0 Å². The fourth-order valence-electron chi connectivity index (χ4n) is 3.92. The average molecular weight is 180 g/mol. The summed E-state index contributed by atoms with van der Waals surface area (Å²) in [6.45, 7) is 0. The van der Waals surface area contributed by atoms with Crippen molar-refractivity contribution in [3.8, 4) is 0 Å². The van der Waals surface area contributed by atoms with Crippen molar-refractivity contribution in [2.45, 2.75) is 44.1 Å². The highest BCUT2D eigenvalue weighted by Gasteiger charge is 2.51. The summed E-state index contributed by atoms with van der Waals surface area (Å²) in [4.78, 5) is 11.7. The van der Waals surface area contributed by atoms with E-state index in [0.29, 0.717) is 24.2 Å². The van der Waals surface area contributed by atoms with Crippen LogP contribution >= 0.6 is 0 Å². The first kappa shape index (κ1) is 7.98. The minimum absolute atomic E-state index is 0.141. The number of fused-ring (bicyclic) bond motifs is 1. The molecule has 0 aromatic rings. The maximum atomic E-state index is 11.7. The Kier molecular flexibility index (Phi) is 1.44. The summed E-state index contributed by atoms with van der Waals surface area (Å²) in [6.07, 6.45) is 5.85. The van der Waals surface area contributed by atoms with Crippen molar-refractivity contribution in [3.63, 3.8) is 0 Å². The summed E-state index contributed by atoms with van der Waals surface area (Å²) >= 11 is 0. The molecule has 0 spiro atoms. The highest BCUT2D eigenvalue weighted by atomic mass is 16.3. The van der Waals surface area contributed by atoms with Crippen LogP contribution in [0.15, 0.2) is 0 Å². The van der Waals surface area contributed by atoms with Crippen LogP contribution in [0.3, 0.4) is 0 Å². The van der Waals surface area contributed by atoms with Gasteiger partial charge < -0.3 is 5.11 Å². The molecule has 0 radical (unpaired) electrons. The smallest absolute Gasteiger partial charge is 0.164 e. The highest BCUT2D eigenvalue weighted by molar-refractivity contribution is 5.88. The molecule has 1 N–H and O–H groups in total. The van der Waals surface area contributed by atoms with E-state index in [1.807, 2.05) is 0 Å². The van der Waals surface area contributed by atoms with E-state index >= 15 is 0 Å². The third-order valence-electron chi connectivity index (χ3n) is 4.25. The standard InChI is InChI=1S/C11H16O2/c12-10-4-7-1-8-3-9(2-7)6-11(10,13)5-8/h7-9,13H,1-6H2/t7?,8-,9+,11?. The molecule has 0 saturated heterocycles. The molecule has 0 heterocycles. The zero-order valence-corrected chi connectivity index (χ0v) is 7.83. The third-order valence-corrected chi connectivity index (χ3v) is 4.25. The Bertz CT molecular complexity index is 245. The number of Topliss-reactive ketones (excluding diaryl/α,β-unsaturated/α-hetero) is 1. The van der Waals surface area contributed by atoms with Crippen LogP contribution in [-0.2, 0) is 4.79 Å². The quantitative estimate of drug-likeness (QED) is 0.613. The lowest BCUT2D eigenvalue weighted by atomic mass is 9.66. The van der Waals surface area contributed by atoms with Gasteiger partial charge in [-0.15, -0.1) is 0 Å². The van der Waals surface area contributed by atoms with Gasteiger partial charge in [-0.2, -0.15) is 0 Å². The first-order valence-corrected chi connectivity index (χ1v) is 5.41. The summed E-state index contributed by atoms with van der Waals surface area (Å²) in [5, 5.41) is 10.2. The molecule has 4 fully saturated rings. The second-order valence-electron chi connectivity index (χ2n) is 5.37. The van der Waals surface area contributed by atoms with Gasteiger partial charge in [-0.1, -0.05) is 0 Å². The van der Waals surface area contributed by atoms with Gasteiger partial charge in [0.15, 0.2) is 5.78 Å². The van der Waals surface area contributed by atoms with Gasteiger partial charge in [-0.05, 0) is 49.9 Å². The van der Waals surface area contributed by atoms with Gasteiger partial charge in [0, 0.05) is 6.42 Å². The van der Waals surface area contributed by atoms with E-state index in [0.717, 1.165) is 12.8 Å². The molecule has 13 heavy (non-hydrogen) atoms. The fourth-order valence-corrected chi connectivity index (χ4v) is 3.92. The van der Waals surface area contributed by atoms with E-state index in [-0.39, 0.29) is 5.78 Å². The minimum atomic E-state index is -0.904. The normalized spacial score (nSPS) is 53.9. The lowest BCUT2D eigenvalue weighted by molar-refractivity contribution is -0.141. The fraction of sp³-hybridized carbons (Fsp3) is 0.909. The molecule has 4 aliphatic carbocycles. The SMILES string of the molecule is O=C1CC2C[C@@H]3C[C@H](C2)CC1(O)C3. The predicted molar refractivity (Wildman–Crippen MR) is 48.1 cm³/mol. The number of hydrogen-bond acceptors (Lipinski definition) is 2. The molecular weight excluding hydrogens is 164 g/mol. The topological polar surface area (TPSA) is 37.3 Å². The van der Waals surface area contributed by atoms with Gasteiger partial charge in [-0.25, -0.2) is 0 Å². The zero-order valence-electron chi connectivity index (χ0n) is 7.83. The Morgan fingerprint density at radius 1 is 1.08 bits per heavy atom. The van der Waals surface area contributed by atoms with Crippen molar-refractivity contribution >= 4 is 5.78 Å². The van der Waals surface area contributed by atoms with E-state index in [1.165, 1.54) is 19.3 Å². The van der Waals surface area contributed by atoms with Crippen LogP contribution in [0, 0.1) is 17.8 Å². The van der Waals surface area contributed by atoms with Gasteiger partial charge >= 0.3 is 0 Å². The average Bonchev–Trinajstić information content (AvgIpc) is 2.12. The third kappa shape index (κ3) is 1.08. The number of ketones is 1. The van der Waals surface area contributed by atoms with Crippen molar-refractivity contribution in [2.24, 2.45) is 17.8 Å². The molecule has 4 atom stereocenters. The molecule has 2 heteroatoms. The molecule has 4 saturated carbocycles. The minimum Gasteiger partial charge on any atom is -0.382 e. The van der Waals surface area contributed by atoms with Crippen molar-refractivity contribution in [1.82, 2.24) is 0 Å². The van der Waals surface area contributed by atoms with Gasteiger partial charge in [0.1, 0.15) is 5.60 Å². The number of carbonyl (C=O) groups is 1. The number of carbonyl (C=O) groups excluding carboxylic acids is 1. The van der Waals surface area contributed by atoms with Gasteiger partial charge in [0.2, 0.25) is 0 Å². The summed E-state index contributed by atoms with van der Waals surface area (Å²) in [7, 11) is 0. The Hall–Kier alpha value is -0.370. The lowest BCUT2D eigenvalue weighted by Crippen LogP contribution is -2.44. The largest absolute Gasteiger partial charge is 0.382 e. The zero-order chi connectivity index (χ0) is 9.05. The van der Waals surface area contributed by atoms with Crippen LogP contribution in [0.25, 0.3) is 0 Å². The molecular formula is C11H16O2. The molecule has 4 bridgehead atoms. The summed E-state index contributed by atoms with van der Waals surface area (Å²) < 4.78 is 0. The summed E-state index contributed by atoms with van der Waals surface area (Å²) in [5.41, 5.74) is -0.904. The number of aliphatic hydroxyl groups is 1. The van der Waals surface area contributed by atoms with Crippen LogP contribution in [0.5, 0.6) is 0 Å². The molecule has 2 unspecified atom stereocenters. The predicted octanol–water partition coefficient (Wildman–Crippen LogP) is 1.52. The second kappa shape index (κ2) is 2.35. The molecule has 72 valence electrons. The molecule has 2 nitrogen and oxygen atoms in total. The van der Waals surface area contributed by atoms with Crippen LogP contribution in [0.2, 0.25) is 0 Å². The Labute approximate surface area is 78.3 Å². The number of rotatable bonds is 0. The Morgan fingerprint density at radius 3 is 2.23 bits per heavy atom. The van der Waals surface area contributed by atoms with Gasteiger partial charge in [0.25, 0.3) is 0 Å². The van der Waals surface area contributed by atoms with Crippen LogP contribution in [-0.4, -0.2) is 16.5 Å². The number of hydrogen-bond donors (Lipinski definition) is 1. The first-order valence-electron chi connectivity index (χ1n) is 5.41. The van der Waals surface area contributed by atoms with Crippen LogP contribution in [0.4, 0.5) is 0 Å². The second-order valence-corrected chi connectivity index (χ2v) is 5.37. The van der Waals surface area contributed by atoms with E-state index in [2.05, 4.69) is 0 Å². The highest BCUT2D eigenvalue weighted by Crippen LogP contribution is 2.51. The molecule has 0 aromatic heterocycles. The molecule has 0 aromatic carbocycles. The lowest BCUT2D eigenvalue weighted by Gasteiger charge is -2.41. The van der Waals surface area contributed by atoms with Crippen molar-refractivity contribution < 1.29 is 9.90 Å². The van der Waals surface area contributed by atoms with Crippen molar-refractivity contribution in [1.29, 1.82) is 0 Å². The molecule has 0 aliphatic heterocycles. The van der Waals surface area contributed by atoms with E-state index < -0.39 is 5.60 Å². The molecule has 4 aliphatic rings. The Balaban J connectivity index is 2.02. The van der Waals surface area contributed by atoms with Crippen LogP contribution < -0.4 is 0 Å². The maximum absolute atomic E-state index is 11.7. The van der Waals surface area contributed by atoms with E-state index in [4.69, 9.17) is 0 Å². The molecule has 4 rings (SSSR count). The van der Waals surface area contributed by atoms with E-state index in [9.17, 15) is 9.90 Å². The van der Waals surface area contributed by atoms with Crippen molar-refractivity contribution in [2.75, 3.05) is 0 Å². The maximum Gasteiger partial charge on any atom is 0.164 e. The Morgan fingerprint density at radius 2 is 1.62 bits per heavy atom. The van der Waals surface area contributed by atoms with Gasteiger partial charge in [-0.3, -0.25) is 4.79 Å². The summed E-state index contributed by atoms with van der Waals surface area (Å²) in [6, 6.07) is 0. The van der Waals surface area contributed by atoms with Crippen molar-refractivity contribution in [3.05, 3.63) is 0 Å². The monoisotopic (exact) mass is 180 g/mol. The first-order chi connectivity index (χ1) is 6.16. The van der Waals surface area contributed by atoms with Crippen LogP contribution in [0.1, 0.15) is 38.5 Å². The summed E-state index contributed by atoms with van der Waals surface area (Å²) in [5.74, 6) is 2.04. The van der Waals surface area contributed by atoms with E-state index in [1.54, 1.807) is 0 Å².